The molecule has 0 radical (unpaired) electrons. The van der Waals surface area contributed by atoms with Crippen molar-refractivity contribution in [3.05, 3.63) is 35.9 Å². The Morgan fingerprint density at radius 1 is 1.17 bits per heavy atom. The molecule has 2 heterocycles. The number of rotatable bonds is 7. The smallest absolute Gasteiger partial charge is 0.325 e. The van der Waals surface area contributed by atoms with Crippen LogP contribution in [0.1, 0.15) is 38.2 Å². The number of nitrogens with zero attached hydrogens (tertiary/aromatic N) is 2. The summed E-state index contributed by atoms with van der Waals surface area (Å²) >= 11 is 0. The Balaban J connectivity index is 1.42. The molecule has 3 fully saturated rings. The Kier molecular flexibility index (Phi) is 5.34. The molecule has 9 heteroatoms. The van der Waals surface area contributed by atoms with E-state index in [2.05, 4.69) is 5.32 Å². The molecule has 0 unspecified atom stereocenters. The van der Waals surface area contributed by atoms with Crippen LogP contribution in [0.15, 0.2) is 30.3 Å². The fourth-order valence-electron chi connectivity index (χ4n) is 4.37. The Labute approximate surface area is 176 Å². The molecule has 0 aromatic heterocycles. The number of sulfone groups is 1. The van der Waals surface area contributed by atoms with E-state index >= 15 is 0 Å². The first-order valence-corrected chi connectivity index (χ1v) is 12.2. The van der Waals surface area contributed by atoms with Gasteiger partial charge in [0.15, 0.2) is 9.84 Å². The van der Waals surface area contributed by atoms with Crippen molar-refractivity contribution in [2.75, 3.05) is 18.1 Å². The first kappa shape index (κ1) is 20.8. The standard InChI is InChI=1S/C21H27N3O5S/c1-21(11-9-15-5-3-2-4-6-15)19(26)23(20(27)22-21)13-18(25)24(16-7-8-16)17-10-12-30(28,29)14-17/h2-6,16-17H,7-14H2,1H3,(H,22,27)/t17-,21+/m1/s1. The van der Waals surface area contributed by atoms with Gasteiger partial charge >= 0.3 is 6.03 Å². The highest BCUT2D eigenvalue weighted by Crippen LogP contribution is 2.33. The summed E-state index contributed by atoms with van der Waals surface area (Å²) in [6, 6.07) is 8.78. The van der Waals surface area contributed by atoms with Crippen LogP contribution >= 0.6 is 0 Å². The van der Waals surface area contributed by atoms with Gasteiger partial charge in [-0.15, -0.1) is 0 Å². The number of imide groups is 1. The van der Waals surface area contributed by atoms with Gasteiger partial charge in [0.25, 0.3) is 5.91 Å². The largest absolute Gasteiger partial charge is 0.334 e. The molecule has 2 aliphatic heterocycles. The van der Waals surface area contributed by atoms with Gasteiger partial charge in [0.2, 0.25) is 5.91 Å². The van der Waals surface area contributed by atoms with E-state index in [1.807, 2.05) is 30.3 Å². The van der Waals surface area contributed by atoms with E-state index in [4.69, 9.17) is 0 Å². The van der Waals surface area contributed by atoms with Gasteiger partial charge in [0, 0.05) is 12.1 Å². The molecule has 1 aliphatic carbocycles. The number of hydrogen-bond acceptors (Lipinski definition) is 5. The lowest BCUT2D eigenvalue weighted by Gasteiger charge is -2.29. The molecule has 1 saturated carbocycles. The normalized spacial score (nSPS) is 27.9. The van der Waals surface area contributed by atoms with Crippen LogP contribution < -0.4 is 5.32 Å². The molecule has 2 saturated heterocycles. The van der Waals surface area contributed by atoms with Crippen molar-refractivity contribution in [3.63, 3.8) is 0 Å². The second-order valence-electron chi connectivity index (χ2n) is 8.73. The van der Waals surface area contributed by atoms with Gasteiger partial charge in [-0.05, 0) is 44.6 Å². The van der Waals surface area contributed by atoms with Crippen LogP contribution in [0.25, 0.3) is 0 Å². The first-order chi connectivity index (χ1) is 14.2. The minimum absolute atomic E-state index is 0.0148. The number of hydrogen-bond donors (Lipinski definition) is 1. The zero-order chi connectivity index (χ0) is 21.5. The lowest BCUT2D eigenvalue weighted by Crippen LogP contribution is -2.49. The van der Waals surface area contributed by atoms with E-state index in [1.165, 1.54) is 0 Å². The van der Waals surface area contributed by atoms with Gasteiger partial charge in [-0.1, -0.05) is 30.3 Å². The summed E-state index contributed by atoms with van der Waals surface area (Å²) < 4.78 is 23.7. The molecule has 3 aliphatic rings. The number of amides is 4. The van der Waals surface area contributed by atoms with E-state index in [9.17, 15) is 22.8 Å². The van der Waals surface area contributed by atoms with Crippen molar-refractivity contribution in [2.45, 2.75) is 56.7 Å². The van der Waals surface area contributed by atoms with Crippen molar-refractivity contribution in [1.82, 2.24) is 15.1 Å². The first-order valence-electron chi connectivity index (χ1n) is 10.4. The number of carbonyl (C=O) groups is 3. The van der Waals surface area contributed by atoms with Gasteiger partial charge in [0.1, 0.15) is 12.1 Å². The maximum absolute atomic E-state index is 13.0. The molecule has 4 amide bonds. The molecule has 30 heavy (non-hydrogen) atoms. The maximum atomic E-state index is 13.0. The van der Waals surface area contributed by atoms with Gasteiger partial charge < -0.3 is 10.2 Å². The minimum atomic E-state index is -3.13. The Bertz CT molecular complexity index is 960. The summed E-state index contributed by atoms with van der Waals surface area (Å²) in [5.41, 5.74) is 0.00607. The highest BCUT2D eigenvalue weighted by molar-refractivity contribution is 7.91. The summed E-state index contributed by atoms with van der Waals surface area (Å²) in [6.07, 6.45) is 3.13. The molecule has 1 aromatic rings. The van der Waals surface area contributed by atoms with E-state index in [1.54, 1.807) is 11.8 Å². The van der Waals surface area contributed by atoms with E-state index in [0.29, 0.717) is 19.3 Å². The van der Waals surface area contributed by atoms with Crippen molar-refractivity contribution < 1.29 is 22.8 Å². The van der Waals surface area contributed by atoms with Crippen LogP contribution in [0.4, 0.5) is 4.79 Å². The van der Waals surface area contributed by atoms with Crippen LogP contribution in [0.5, 0.6) is 0 Å². The van der Waals surface area contributed by atoms with Gasteiger partial charge in [-0.2, -0.15) is 0 Å². The van der Waals surface area contributed by atoms with Crippen molar-refractivity contribution in [3.8, 4) is 0 Å². The van der Waals surface area contributed by atoms with Crippen LogP contribution in [0.3, 0.4) is 0 Å². The summed E-state index contributed by atoms with van der Waals surface area (Å²) in [5, 5.41) is 2.74. The maximum Gasteiger partial charge on any atom is 0.325 e. The molecular formula is C21H27N3O5S. The fraction of sp³-hybridized carbons (Fsp3) is 0.571. The highest BCUT2D eigenvalue weighted by atomic mass is 32.2. The number of urea groups is 1. The molecule has 1 N–H and O–H groups in total. The number of aryl methyl sites for hydroxylation is 1. The molecule has 4 rings (SSSR count). The monoisotopic (exact) mass is 433 g/mol. The molecule has 0 spiro atoms. The number of nitrogens with one attached hydrogen (secondary N) is 1. The van der Waals surface area contributed by atoms with Crippen LogP contribution in [0.2, 0.25) is 0 Å². The lowest BCUT2D eigenvalue weighted by atomic mass is 9.93. The zero-order valence-electron chi connectivity index (χ0n) is 17.0. The van der Waals surface area contributed by atoms with E-state index in [0.717, 1.165) is 23.3 Å². The van der Waals surface area contributed by atoms with Crippen LogP contribution in [-0.4, -0.2) is 71.7 Å². The third-order valence-electron chi connectivity index (χ3n) is 6.23. The average Bonchev–Trinajstić information content (AvgIpc) is 3.43. The second kappa shape index (κ2) is 7.68. The molecule has 8 nitrogen and oxygen atoms in total. The van der Waals surface area contributed by atoms with Crippen molar-refractivity contribution in [2.24, 2.45) is 0 Å². The molecule has 0 bridgehead atoms. The molecule has 162 valence electrons. The van der Waals surface area contributed by atoms with Gasteiger partial charge in [-0.25, -0.2) is 13.2 Å². The third kappa shape index (κ3) is 4.21. The molecule has 2 atom stereocenters. The van der Waals surface area contributed by atoms with E-state index < -0.39 is 27.3 Å². The zero-order valence-corrected chi connectivity index (χ0v) is 17.9. The fourth-order valence-corrected chi connectivity index (χ4v) is 6.08. The van der Waals surface area contributed by atoms with Crippen molar-refractivity contribution >= 4 is 27.7 Å². The summed E-state index contributed by atoms with van der Waals surface area (Å²) in [7, 11) is -3.13. The Hall–Kier alpha value is -2.42. The quantitative estimate of drug-likeness (QED) is 0.649. The highest BCUT2D eigenvalue weighted by Gasteiger charge is 2.49. The lowest BCUT2D eigenvalue weighted by molar-refractivity contribution is -0.140. The minimum Gasteiger partial charge on any atom is -0.334 e. The second-order valence-corrected chi connectivity index (χ2v) is 11.0. The average molecular weight is 434 g/mol. The SMILES string of the molecule is C[C@@]1(CCc2ccccc2)NC(=O)N(CC(=O)N(C2CC2)[C@@H]2CCS(=O)(=O)C2)C1=O. The van der Waals surface area contributed by atoms with Crippen LogP contribution in [0, 0.1) is 0 Å². The predicted molar refractivity (Wildman–Crippen MR) is 110 cm³/mol. The van der Waals surface area contributed by atoms with Crippen LogP contribution in [-0.2, 0) is 25.8 Å². The number of benzene rings is 1. The summed E-state index contributed by atoms with van der Waals surface area (Å²) in [5.74, 6) is -0.721. The third-order valence-corrected chi connectivity index (χ3v) is 7.98. The van der Waals surface area contributed by atoms with Crippen molar-refractivity contribution in [1.29, 1.82) is 0 Å². The number of carbonyl (C=O) groups excluding carboxylic acids is 3. The predicted octanol–water partition coefficient (Wildman–Crippen LogP) is 1.11. The topological polar surface area (TPSA) is 104 Å². The van der Waals surface area contributed by atoms with Gasteiger partial charge in [-0.3, -0.25) is 14.5 Å². The molecular weight excluding hydrogens is 406 g/mol. The van der Waals surface area contributed by atoms with E-state index in [-0.39, 0.29) is 36.0 Å². The molecule has 1 aromatic carbocycles. The Morgan fingerprint density at radius 2 is 1.87 bits per heavy atom. The van der Waals surface area contributed by atoms with Gasteiger partial charge in [0.05, 0.1) is 11.5 Å². The Morgan fingerprint density at radius 3 is 2.47 bits per heavy atom. The summed E-state index contributed by atoms with van der Waals surface area (Å²) in [4.78, 5) is 41.1. The summed E-state index contributed by atoms with van der Waals surface area (Å²) in [6.45, 7) is 1.33.